The molecule has 0 aromatic heterocycles. The van der Waals surface area contributed by atoms with Gasteiger partial charge in [-0.15, -0.1) is 0 Å². The highest BCUT2D eigenvalue weighted by atomic mass is 32.2. The second-order valence-electron chi connectivity index (χ2n) is 7.82. The van der Waals surface area contributed by atoms with Crippen LogP contribution in [0.2, 0.25) is 0 Å². The van der Waals surface area contributed by atoms with Crippen molar-refractivity contribution in [3.05, 3.63) is 29.3 Å². The third-order valence-electron chi connectivity index (χ3n) is 4.60. The first-order valence-corrected chi connectivity index (χ1v) is 10.5. The summed E-state index contributed by atoms with van der Waals surface area (Å²) in [5.74, 6) is 1.41. The van der Waals surface area contributed by atoms with Crippen LogP contribution in [0.25, 0.3) is 0 Å². The zero-order chi connectivity index (χ0) is 18.1. The lowest BCUT2D eigenvalue weighted by molar-refractivity contribution is 0.0496. The van der Waals surface area contributed by atoms with Gasteiger partial charge in [-0.25, -0.2) is 8.42 Å². The summed E-state index contributed by atoms with van der Waals surface area (Å²) >= 11 is 0. The Bertz CT molecular complexity index is 680. The smallest absolute Gasteiger partial charge is 0.214 e. The first kappa shape index (κ1) is 19.3. The quantitative estimate of drug-likeness (QED) is 0.766. The van der Waals surface area contributed by atoms with E-state index in [1.807, 2.05) is 39.0 Å². The molecule has 5 heteroatoms. The predicted octanol–water partition coefficient (Wildman–Crippen LogP) is 4.30. The number of hydrogen-bond donors (Lipinski definition) is 0. The minimum absolute atomic E-state index is 0.129. The second kappa shape index (κ2) is 7.04. The monoisotopic (exact) mass is 353 g/mol. The molecular formula is C19H31NO3S. The average Bonchev–Trinajstić information content (AvgIpc) is 2.45. The highest BCUT2D eigenvalue weighted by Crippen LogP contribution is 2.44. The van der Waals surface area contributed by atoms with Crippen LogP contribution < -0.4 is 4.74 Å². The van der Waals surface area contributed by atoms with Gasteiger partial charge in [-0.05, 0) is 51.7 Å². The van der Waals surface area contributed by atoms with Gasteiger partial charge < -0.3 is 4.74 Å². The highest BCUT2D eigenvalue weighted by molar-refractivity contribution is 7.89. The van der Waals surface area contributed by atoms with Crippen LogP contribution in [0.4, 0.5) is 0 Å². The molecule has 0 saturated carbocycles. The Morgan fingerprint density at radius 3 is 2.58 bits per heavy atom. The molecule has 136 valence electrons. The van der Waals surface area contributed by atoms with Crippen molar-refractivity contribution in [2.24, 2.45) is 5.92 Å². The highest BCUT2D eigenvalue weighted by Gasteiger charge is 2.40. The summed E-state index contributed by atoms with van der Waals surface area (Å²) in [7, 11) is -3.28. The Hall–Kier alpha value is -1.07. The third-order valence-corrected chi connectivity index (χ3v) is 6.48. The summed E-state index contributed by atoms with van der Waals surface area (Å²) in [6.45, 7) is 12.6. The van der Waals surface area contributed by atoms with Gasteiger partial charge in [-0.1, -0.05) is 26.0 Å². The molecule has 0 saturated heterocycles. The molecule has 0 N–H and O–H groups in total. The van der Waals surface area contributed by atoms with E-state index in [2.05, 4.69) is 13.8 Å². The lowest BCUT2D eigenvalue weighted by atomic mass is 9.89. The number of benzene rings is 1. The molecule has 0 spiro atoms. The van der Waals surface area contributed by atoms with Crippen LogP contribution >= 0.6 is 0 Å². The van der Waals surface area contributed by atoms with Crippen molar-refractivity contribution >= 4 is 10.0 Å². The largest absolute Gasteiger partial charge is 0.487 e. The first-order chi connectivity index (χ1) is 11.1. The maximum absolute atomic E-state index is 12.8. The Balaban J connectivity index is 2.48. The van der Waals surface area contributed by atoms with Crippen LogP contribution in [0.1, 0.15) is 64.6 Å². The summed E-state index contributed by atoms with van der Waals surface area (Å²) in [6.07, 6.45) is 1.53. The van der Waals surface area contributed by atoms with Crippen molar-refractivity contribution in [1.29, 1.82) is 0 Å². The minimum Gasteiger partial charge on any atom is -0.487 e. The zero-order valence-electron chi connectivity index (χ0n) is 15.8. The van der Waals surface area contributed by atoms with Crippen molar-refractivity contribution in [3.8, 4) is 5.75 Å². The molecule has 0 bridgehead atoms. The van der Waals surface area contributed by atoms with Gasteiger partial charge in [-0.2, -0.15) is 4.31 Å². The molecule has 24 heavy (non-hydrogen) atoms. The van der Waals surface area contributed by atoms with Gasteiger partial charge in [0.1, 0.15) is 11.4 Å². The van der Waals surface area contributed by atoms with E-state index in [4.69, 9.17) is 4.74 Å². The second-order valence-corrected chi connectivity index (χ2v) is 10.0. The minimum atomic E-state index is -3.28. The van der Waals surface area contributed by atoms with Crippen molar-refractivity contribution < 1.29 is 13.2 Å². The molecule has 1 aromatic rings. The van der Waals surface area contributed by atoms with Gasteiger partial charge in [0, 0.05) is 18.5 Å². The van der Waals surface area contributed by atoms with E-state index in [1.54, 1.807) is 11.2 Å². The molecule has 1 heterocycles. The third kappa shape index (κ3) is 4.31. The summed E-state index contributed by atoms with van der Waals surface area (Å²) < 4.78 is 33.4. The Labute approximate surface area is 147 Å². The van der Waals surface area contributed by atoms with Gasteiger partial charge in [0.25, 0.3) is 0 Å². The number of sulfonamides is 1. The normalized spacial score (nSPS) is 20.1. The molecule has 0 amide bonds. The maximum atomic E-state index is 12.8. The van der Waals surface area contributed by atoms with Gasteiger partial charge in [0.05, 0.1) is 11.8 Å². The number of rotatable bonds is 6. The molecule has 2 rings (SSSR count). The molecule has 1 unspecified atom stereocenters. The van der Waals surface area contributed by atoms with Crippen LogP contribution in [0.15, 0.2) is 18.2 Å². The van der Waals surface area contributed by atoms with Gasteiger partial charge in [0.2, 0.25) is 10.0 Å². The predicted molar refractivity (Wildman–Crippen MR) is 98.9 cm³/mol. The Morgan fingerprint density at radius 2 is 2.00 bits per heavy atom. The van der Waals surface area contributed by atoms with Crippen LogP contribution in [0.3, 0.4) is 0 Å². The Kier molecular flexibility index (Phi) is 5.65. The van der Waals surface area contributed by atoms with Crippen molar-refractivity contribution in [3.63, 3.8) is 0 Å². The molecule has 0 aliphatic carbocycles. The van der Waals surface area contributed by atoms with E-state index >= 15 is 0 Å². The summed E-state index contributed by atoms with van der Waals surface area (Å²) in [4.78, 5) is 0. The average molecular weight is 354 g/mol. The lowest BCUT2D eigenvalue weighted by Crippen LogP contribution is -2.44. The first-order valence-electron chi connectivity index (χ1n) is 8.85. The van der Waals surface area contributed by atoms with E-state index in [0.29, 0.717) is 18.9 Å². The number of aryl methyl sites for hydroxylation is 1. The molecule has 0 radical (unpaired) electrons. The van der Waals surface area contributed by atoms with E-state index < -0.39 is 10.0 Å². The van der Waals surface area contributed by atoms with Crippen LogP contribution in [-0.4, -0.2) is 30.6 Å². The topological polar surface area (TPSA) is 46.6 Å². The fraction of sp³-hybridized carbons (Fsp3) is 0.684. The van der Waals surface area contributed by atoms with E-state index in [0.717, 1.165) is 23.3 Å². The lowest BCUT2D eigenvalue weighted by Gasteiger charge is -2.42. The van der Waals surface area contributed by atoms with E-state index in [-0.39, 0.29) is 17.4 Å². The molecule has 1 aliphatic rings. The van der Waals surface area contributed by atoms with Gasteiger partial charge in [-0.3, -0.25) is 0 Å². The summed E-state index contributed by atoms with van der Waals surface area (Å²) in [6, 6.07) is 5.92. The van der Waals surface area contributed by atoms with Crippen molar-refractivity contribution in [2.45, 2.75) is 66.0 Å². The molecule has 1 atom stereocenters. The van der Waals surface area contributed by atoms with Crippen molar-refractivity contribution in [2.75, 3.05) is 12.3 Å². The zero-order valence-corrected chi connectivity index (χ0v) is 16.6. The van der Waals surface area contributed by atoms with Crippen LogP contribution in [-0.2, 0) is 10.0 Å². The van der Waals surface area contributed by atoms with Crippen LogP contribution in [0.5, 0.6) is 5.75 Å². The van der Waals surface area contributed by atoms with Gasteiger partial charge >= 0.3 is 0 Å². The van der Waals surface area contributed by atoms with E-state index in [9.17, 15) is 8.42 Å². The standard InChI is InChI=1S/C19H31NO3S/c1-7-24(21,22)20(11-10-14(2)3)17-13-19(5,6)23-18-12-15(4)8-9-16(17)18/h8-9,12,14,17H,7,10-11,13H2,1-6H3. The van der Waals surface area contributed by atoms with Crippen molar-refractivity contribution in [1.82, 2.24) is 4.31 Å². The van der Waals surface area contributed by atoms with Gasteiger partial charge in [0.15, 0.2) is 0 Å². The van der Waals surface area contributed by atoms with E-state index in [1.165, 1.54) is 0 Å². The number of ether oxygens (including phenoxy) is 1. The molecule has 0 fully saturated rings. The fourth-order valence-corrected chi connectivity index (χ4v) is 4.51. The number of hydrogen-bond acceptors (Lipinski definition) is 3. The van der Waals surface area contributed by atoms with Crippen LogP contribution in [0, 0.1) is 12.8 Å². The SMILES string of the molecule is CCS(=O)(=O)N(CCC(C)C)C1CC(C)(C)Oc2cc(C)ccc21. The molecular weight excluding hydrogens is 322 g/mol. The summed E-state index contributed by atoms with van der Waals surface area (Å²) in [5, 5.41) is 0. The fourth-order valence-electron chi connectivity index (χ4n) is 3.22. The number of fused-ring (bicyclic) bond motifs is 1. The summed E-state index contributed by atoms with van der Waals surface area (Å²) in [5.41, 5.74) is 1.73. The molecule has 4 nitrogen and oxygen atoms in total. The molecule has 1 aromatic carbocycles. The number of nitrogens with zero attached hydrogens (tertiary/aromatic N) is 1. The maximum Gasteiger partial charge on any atom is 0.214 e. The Morgan fingerprint density at radius 1 is 1.33 bits per heavy atom. The molecule has 1 aliphatic heterocycles.